The fourth-order valence-corrected chi connectivity index (χ4v) is 0.646. The number of hydrogen-bond acceptors (Lipinski definition) is 2. The van der Waals surface area contributed by atoms with E-state index < -0.39 is 0 Å². The molecule has 0 fully saturated rings. The van der Waals surface area contributed by atoms with E-state index in [9.17, 15) is 4.79 Å². The minimum absolute atomic E-state index is 0.0625. The molecule has 0 saturated heterocycles. The van der Waals surface area contributed by atoms with Crippen LogP contribution in [0.3, 0.4) is 0 Å². The van der Waals surface area contributed by atoms with E-state index in [0.717, 1.165) is 6.26 Å². The van der Waals surface area contributed by atoms with Crippen molar-refractivity contribution in [3.63, 3.8) is 0 Å². The Balaban J connectivity index is 4.19. The molecule has 0 saturated carbocycles. The molecule has 0 heterocycles. The summed E-state index contributed by atoms with van der Waals surface area (Å²) >= 11 is 0. The molecule has 0 unspecified atom stereocenters. The summed E-state index contributed by atoms with van der Waals surface area (Å²) in [6.45, 7) is 5.18. The van der Waals surface area contributed by atoms with Gasteiger partial charge in [-0.1, -0.05) is 13.8 Å². The van der Waals surface area contributed by atoms with Gasteiger partial charge >= 0.3 is 0 Å². The number of allylic oxidation sites excluding steroid dienone is 1. The smallest absolute Gasteiger partial charge is 0.159 e. The molecule has 0 aromatic carbocycles. The van der Waals surface area contributed by atoms with E-state index in [1.54, 1.807) is 0 Å². The molecular formula is C7H12O2. The SMILES string of the molecule is CC(=O)C(=CO)C(C)C. The molecule has 2 nitrogen and oxygen atoms in total. The minimum Gasteiger partial charge on any atom is -0.515 e. The lowest BCUT2D eigenvalue weighted by atomic mass is 10.0. The van der Waals surface area contributed by atoms with E-state index in [4.69, 9.17) is 5.11 Å². The van der Waals surface area contributed by atoms with Crippen LogP contribution < -0.4 is 0 Å². The molecule has 1 N–H and O–H groups in total. The van der Waals surface area contributed by atoms with Crippen LogP contribution in [0.5, 0.6) is 0 Å². The minimum atomic E-state index is -0.0625. The summed E-state index contributed by atoms with van der Waals surface area (Å²) in [6.07, 6.45) is 0.882. The van der Waals surface area contributed by atoms with Crippen molar-refractivity contribution < 1.29 is 9.90 Å². The number of aliphatic hydroxyl groups is 1. The monoisotopic (exact) mass is 128 g/mol. The van der Waals surface area contributed by atoms with Gasteiger partial charge in [-0.15, -0.1) is 0 Å². The van der Waals surface area contributed by atoms with Gasteiger partial charge < -0.3 is 5.11 Å². The van der Waals surface area contributed by atoms with Gasteiger partial charge in [0.1, 0.15) is 0 Å². The zero-order valence-electron chi connectivity index (χ0n) is 6.01. The fraction of sp³-hybridized carbons (Fsp3) is 0.571. The first kappa shape index (κ1) is 8.21. The fourth-order valence-electron chi connectivity index (χ4n) is 0.646. The Morgan fingerprint density at radius 1 is 1.56 bits per heavy atom. The Kier molecular flexibility index (Phi) is 2.99. The van der Waals surface area contributed by atoms with Crippen LogP contribution in [0.25, 0.3) is 0 Å². The van der Waals surface area contributed by atoms with Crippen LogP contribution in [-0.2, 0) is 4.79 Å². The van der Waals surface area contributed by atoms with Gasteiger partial charge in [0.2, 0.25) is 0 Å². The van der Waals surface area contributed by atoms with Gasteiger partial charge in [0.15, 0.2) is 5.78 Å². The van der Waals surface area contributed by atoms with Crippen LogP contribution in [-0.4, -0.2) is 10.9 Å². The quantitative estimate of drug-likeness (QED) is 0.453. The Morgan fingerprint density at radius 2 is 2.00 bits per heavy atom. The molecule has 9 heavy (non-hydrogen) atoms. The van der Waals surface area contributed by atoms with Crippen LogP contribution in [0.15, 0.2) is 11.8 Å². The maximum Gasteiger partial charge on any atom is 0.159 e. The van der Waals surface area contributed by atoms with Crippen LogP contribution in [0.2, 0.25) is 0 Å². The second kappa shape index (κ2) is 3.28. The van der Waals surface area contributed by atoms with Crippen molar-refractivity contribution in [2.75, 3.05) is 0 Å². The molecule has 0 aliphatic rings. The molecule has 0 radical (unpaired) electrons. The Hall–Kier alpha value is -0.790. The molecule has 0 atom stereocenters. The molecule has 2 heteroatoms. The number of aliphatic hydroxyl groups excluding tert-OH is 1. The molecule has 0 amide bonds. The zero-order chi connectivity index (χ0) is 7.44. The highest BCUT2D eigenvalue weighted by atomic mass is 16.2. The van der Waals surface area contributed by atoms with Crippen LogP contribution >= 0.6 is 0 Å². The lowest BCUT2D eigenvalue weighted by Crippen LogP contribution is -2.03. The van der Waals surface area contributed by atoms with Gasteiger partial charge in [-0.2, -0.15) is 0 Å². The van der Waals surface area contributed by atoms with Crippen molar-refractivity contribution in [1.82, 2.24) is 0 Å². The average molecular weight is 128 g/mol. The Morgan fingerprint density at radius 3 is 2.00 bits per heavy atom. The van der Waals surface area contributed by atoms with Gasteiger partial charge in [-0.3, -0.25) is 4.79 Å². The first-order chi connectivity index (χ1) is 4.09. The number of rotatable bonds is 2. The summed E-state index contributed by atoms with van der Waals surface area (Å²) < 4.78 is 0. The van der Waals surface area contributed by atoms with E-state index >= 15 is 0 Å². The highest BCUT2D eigenvalue weighted by Gasteiger charge is 2.06. The van der Waals surface area contributed by atoms with Gasteiger partial charge in [0.25, 0.3) is 0 Å². The van der Waals surface area contributed by atoms with Crippen molar-refractivity contribution in [3.05, 3.63) is 11.8 Å². The lowest BCUT2D eigenvalue weighted by molar-refractivity contribution is -0.114. The molecule has 0 rings (SSSR count). The van der Waals surface area contributed by atoms with Gasteiger partial charge in [0, 0.05) is 5.57 Å². The summed E-state index contributed by atoms with van der Waals surface area (Å²) in [5, 5.41) is 8.48. The number of Topliss-reactive ketones (excluding diaryl/α,β-unsaturated/α-hetero) is 1. The molecule has 0 bridgehead atoms. The Bertz CT molecular complexity index is 134. The number of hydrogen-bond donors (Lipinski definition) is 1. The normalized spacial score (nSPS) is 12.2. The highest BCUT2D eigenvalue weighted by Crippen LogP contribution is 2.08. The first-order valence-electron chi connectivity index (χ1n) is 2.94. The van der Waals surface area contributed by atoms with E-state index in [1.807, 2.05) is 13.8 Å². The average Bonchev–Trinajstić information content (AvgIpc) is 1.64. The second-order valence-corrected chi connectivity index (χ2v) is 2.30. The zero-order valence-corrected chi connectivity index (χ0v) is 6.01. The van der Waals surface area contributed by atoms with Crippen molar-refractivity contribution in [1.29, 1.82) is 0 Å². The maximum absolute atomic E-state index is 10.6. The highest BCUT2D eigenvalue weighted by molar-refractivity contribution is 5.93. The Labute approximate surface area is 55.2 Å². The van der Waals surface area contributed by atoms with Crippen molar-refractivity contribution in [2.45, 2.75) is 20.8 Å². The van der Waals surface area contributed by atoms with Crippen molar-refractivity contribution >= 4 is 5.78 Å². The standard InChI is InChI=1S/C7H12O2/c1-5(2)7(4-8)6(3)9/h4-5,8H,1-3H3. The molecular weight excluding hydrogens is 116 g/mol. The maximum atomic E-state index is 10.6. The molecule has 0 aliphatic carbocycles. The van der Waals surface area contributed by atoms with E-state index in [1.165, 1.54) is 6.92 Å². The van der Waals surface area contributed by atoms with Crippen LogP contribution in [0, 0.1) is 5.92 Å². The number of carbonyl (C=O) groups excluding carboxylic acids is 1. The third-order valence-corrected chi connectivity index (χ3v) is 1.17. The molecule has 52 valence electrons. The van der Waals surface area contributed by atoms with Crippen molar-refractivity contribution in [2.24, 2.45) is 5.92 Å². The lowest BCUT2D eigenvalue weighted by Gasteiger charge is -2.03. The topological polar surface area (TPSA) is 37.3 Å². The third kappa shape index (κ3) is 2.31. The van der Waals surface area contributed by atoms with E-state index in [-0.39, 0.29) is 11.7 Å². The molecule has 0 aromatic heterocycles. The second-order valence-electron chi connectivity index (χ2n) is 2.30. The molecule has 0 aromatic rings. The largest absolute Gasteiger partial charge is 0.515 e. The number of carbonyl (C=O) groups is 1. The molecule has 0 aliphatic heterocycles. The van der Waals surface area contributed by atoms with Gasteiger partial charge in [-0.05, 0) is 12.8 Å². The summed E-state index contributed by atoms with van der Waals surface area (Å²) in [4.78, 5) is 10.6. The summed E-state index contributed by atoms with van der Waals surface area (Å²) in [6, 6.07) is 0. The van der Waals surface area contributed by atoms with Gasteiger partial charge in [0.05, 0.1) is 6.26 Å². The van der Waals surface area contributed by atoms with Crippen LogP contribution in [0.4, 0.5) is 0 Å². The summed E-state index contributed by atoms with van der Waals surface area (Å²) in [7, 11) is 0. The molecule has 0 spiro atoms. The predicted molar refractivity (Wildman–Crippen MR) is 36.2 cm³/mol. The predicted octanol–water partition coefficient (Wildman–Crippen LogP) is 1.67. The summed E-state index contributed by atoms with van der Waals surface area (Å²) in [5.41, 5.74) is 0.481. The van der Waals surface area contributed by atoms with Crippen LogP contribution in [0.1, 0.15) is 20.8 Å². The third-order valence-electron chi connectivity index (χ3n) is 1.17. The van der Waals surface area contributed by atoms with Crippen molar-refractivity contribution in [3.8, 4) is 0 Å². The summed E-state index contributed by atoms with van der Waals surface area (Å²) in [5.74, 6) is 0.0556. The first-order valence-corrected chi connectivity index (χ1v) is 2.94. The number of ketones is 1. The van der Waals surface area contributed by atoms with E-state index in [0.29, 0.717) is 5.57 Å². The van der Waals surface area contributed by atoms with Gasteiger partial charge in [-0.25, -0.2) is 0 Å². The van der Waals surface area contributed by atoms with E-state index in [2.05, 4.69) is 0 Å².